The topological polar surface area (TPSA) is 3.24 Å². The fraction of sp³-hybridized carbons (Fsp3) is 0.750. The van der Waals surface area contributed by atoms with Gasteiger partial charge in [0.05, 0.1) is 0 Å². The molecule has 9 heavy (non-hydrogen) atoms. The van der Waals surface area contributed by atoms with Crippen molar-refractivity contribution < 1.29 is 0 Å². The Morgan fingerprint density at radius 2 is 2.00 bits per heavy atom. The first-order chi connectivity index (χ1) is 4.35. The van der Waals surface area contributed by atoms with Crippen LogP contribution in [0.4, 0.5) is 0 Å². The second-order valence-corrected chi connectivity index (χ2v) is 2.11. The number of rotatable bonds is 4. The van der Waals surface area contributed by atoms with Crippen LogP contribution in [0.15, 0.2) is 12.3 Å². The molecule has 0 radical (unpaired) electrons. The Balaban J connectivity index is 3.41. The summed E-state index contributed by atoms with van der Waals surface area (Å²) >= 11 is 0. The fourth-order valence-corrected chi connectivity index (χ4v) is 0.836. The van der Waals surface area contributed by atoms with Crippen LogP contribution in [0.5, 0.6) is 0 Å². The lowest BCUT2D eigenvalue weighted by molar-refractivity contribution is 0.395. The molecule has 0 aliphatic rings. The van der Waals surface area contributed by atoms with Crippen LogP contribution < -0.4 is 0 Å². The van der Waals surface area contributed by atoms with Crippen molar-refractivity contribution in [2.24, 2.45) is 0 Å². The van der Waals surface area contributed by atoms with Crippen molar-refractivity contribution in [3.05, 3.63) is 12.3 Å². The molecule has 0 N–H and O–H groups in total. The monoisotopic (exact) mass is 127 g/mol. The van der Waals surface area contributed by atoms with E-state index in [4.69, 9.17) is 0 Å². The van der Waals surface area contributed by atoms with E-state index in [-0.39, 0.29) is 0 Å². The zero-order chi connectivity index (χ0) is 7.11. The van der Waals surface area contributed by atoms with Gasteiger partial charge in [0, 0.05) is 13.1 Å². The Morgan fingerprint density at radius 3 is 2.33 bits per heavy atom. The Labute approximate surface area is 58.4 Å². The van der Waals surface area contributed by atoms with E-state index in [0.29, 0.717) is 0 Å². The van der Waals surface area contributed by atoms with Crippen LogP contribution in [-0.4, -0.2) is 18.0 Å². The lowest BCUT2D eigenvalue weighted by Crippen LogP contribution is -2.16. The summed E-state index contributed by atoms with van der Waals surface area (Å²) in [6.45, 7) is 8.74. The van der Waals surface area contributed by atoms with E-state index < -0.39 is 0 Å². The number of hydrogen-bond donors (Lipinski definition) is 0. The smallest absolute Gasteiger partial charge is 0.0169 e. The summed E-state index contributed by atoms with van der Waals surface area (Å²) in [6, 6.07) is 0. The molecule has 1 nitrogen and oxygen atoms in total. The van der Waals surface area contributed by atoms with Gasteiger partial charge >= 0.3 is 0 Å². The summed E-state index contributed by atoms with van der Waals surface area (Å²) in [5, 5.41) is 0. The minimum atomic E-state index is 1.12. The van der Waals surface area contributed by atoms with E-state index in [2.05, 4.69) is 37.9 Å². The van der Waals surface area contributed by atoms with Gasteiger partial charge in [0.25, 0.3) is 0 Å². The Bertz CT molecular complexity index is 76.6. The molecule has 0 saturated heterocycles. The van der Waals surface area contributed by atoms with Crippen LogP contribution in [0, 0.1) is 0 Å². The van der Waals surface area contributed by atoms with Crippen molar-refractivity contribution in [2.45, 2.75) is 27.2 Å². The lowest BCUT2D eigenvalue weighted by atomic mass is 10.4. The minimum absolute atomic E-state index is 1.12. The van der Waals surface area contributed by atoms with Gasteiger partial charge < -0.3 is 4.90 Å². The van der Waals surface area contributed by atoms with Crippen molar-refractivity contribution in [1.82, 2.24) is 4.90 Å². The molecule has 0 aliphatic heterocycles. The van der Waals surface area contributed by atoms with Gasteiger partial charge in [-0.05, 0) is 26.5 Å². The highest BCUT2D eigenvalue weighted by Gasteiger charge is 1.89. The van der Waals surface area contributed by atoms with E-state index in [1.807, 2.05) is 0 Å². The molecule has 0 spiro atoms. The summed E-state index contributed by atoms with van der Waals surface area (Å²) < 4.78 is 0. The third kappa shape index (κ3) is 4.07. The van der Waals surface area contributed by atoms with Crippen LogP contribution in [0.1, 0.15) is 27.2 Å². The van der Waals surface area contributed by atoms with Crippen LogP contribution in [0.25, 0.3) is 0 Å². The third-order valence-corrected chi connectivity index (χ3v) is 1.28. The molecule has 0 amide bonds. The first-order valence-electron chi connectivity index (χ1n) is 3.72. The van der Waals surface area contributed by atoms with Gasteiger partial charge in [-0.3, -0.25) is 0 Å². The van der Waals surface area contributed by atoms with Gasteiger partial charge in [-0.1, -0.05) is 13.0 Å². The number of nitrogens with zero attached hydrogens (tertiary/aromatic N) is 1. The highest BCUT2D eigenvalue weighted by molar-refractivity contribution is 4.76. The predicted octanol–water partition coefficient (Wildman–Crippen LogP) is 2.25. The van der Waals surface area contributed by atoms with Gasteiger partial charge in [-0.2, -0.15) is 0 Å². The minimum Gasteiger partial charge on any atom is -0.378 e. The van der Waals surface area contributed by atoms with E-state index in [1.54, 1.807) is 0 Å². The Morgan fingerprint density at radius 1 is 1.33 bits per heavy atom. The van der Waals surface area contributed by atoms with Crippen molar-refractivity contribution in [2.75, 3.05) is 13.1 Å². The molecule has 1 heteroatoms. The molecule has 0 atom stereocenters. The molecular formula is C8H17N. The summed E-state index contributed by atoms with van der Waals surface area (Å²) in [4.78, 5) is 2.31. The number of hydrogen-bond acceptors (Lipinski definition) is 1. The van der Waals surface area contributed by atoms with Crippen LogP contribution in [-0.2, 0) is 0 Å². The van der Waals surface area contributed by atoms with Gasteiger partial charge in [-0.15, -0.1) is 0 Å². The maximum Gasteiger partial charge on any atom is 0.0169 e. The first-order valence-corrected chi connectivity index (χ1v) is 3.72. The van der Waals surface area contributed by atoms with Crippen molar-refractivity contribution in [1.29, 1.82) is 0 Å². The van der Waals surface area contributed by atoms with Crippen molar-refractivity contribution in [3.63, 3.8) is 0 Å². The quantitative estimate of drug-likeness (QED) is 0.560. The van der Waals surface area contributed by atoms with Crippen LogP contribution in [0.3, 0.4) is 0 Å². The average molecular weight is 127 g/mol. The largest absolute Gasteiger partial charge is 0.378 e. The first kappa shape index (κ1) is 8.54. The zero-order valence-corrected chi connectivity index (χ0v) is 6.72. The van der Waals surface area contributed by atoms with Gasteiger partial charge in [0.2, 0.25) is 0 Å². The molecule has 0 heterocycles. The predicted molar refractivity (Wildman–Crippen MR) is 42.4 cm³/mol. The molecule has 0 aromatic rings. The molecule has 0 aliphatic carbocycles. The molecule has 0 aromatic carbocycles. The molecule has 54 valence electrons. The van der Waals surface area contributed by atoms with Gasteiger partial charge in [-0.25, -0.2) is 0 Å². The standard InChI is InChI=1S/C8H17N/c1-4-7-9(6-3)8-5-2/h4,7H,5-6,8H2,1-3H3/b7-4+. The SMILES string of the molecule is C/C=C/N(CC)CCC. The molecule has 0 rings (SSSR count). The summed E-state index contributed by atoms with van der Waals surface area (Å²) in [5.41, 5.74) is 0. The maximum absolute atomic E-state index is 2.31. The van der Waals surface area contributed by atoms with E-state index in [9.17, 15) is 0 Å². The zero-order valence-electron chi connectivity index (χ0n) is 6.72. The van der Waals surface area contributed by atoms with Crippen molar-refractivity contribution >= 4 is 0 Å². The average Bonchev–Trinajstić information content (AvgIpc) is 1.88. The molecular weight excluding hydrogens is 110 g/mol. The van der Waals surface area contributed by atoms with Crippen molar-refractivity contribution in [3.8, 4) is 0 Å². The van der Waals surface area contributed by atoms with E-state index >= 15 is 0 Å². The van der Waals surface area contributed by atoms with E-state index in [0.717, 1.165) is 6.54 Å². The van der Waals surface area contributed by atoms with Crippen LogP contribution >= 0.6 is 0 Å². The normalized spacial score (nSPS) is 10.6. The summed E-state index contributed by atoms with van der Waals surface area (Å²) in [5.74, 6) is 0. The molecule has 0 saturated carbocycles. The van der Waals surface area contributed by atoms with E-state index in [1.165, 1.54) is 13.0 Å². The summed E-state index contributed by atoms with van der Waals surface area (Å²) in [6.07, 6.45) is 5.46. The van der Waals surface area contributed by atoms with Gasteiger partial charge in [0.15, 0.2) is 0 Å². The van der Waals surface area contributed by atoms with Gasteiger partial charge in [0.1, 0.15) is 0 Å². The molecule has 0 bridgehead atoms. The number of allylic oxidation sites excluding steroid dienone is 1. The second-order valence-electron chi connectivity index (χ2n) is 2.11. The molecule has 0 unspecified atom stereocenters. The summed E-state index contributed by atoms with van der Waals surface area (Å²) in [7, 11) is 0. The third-order valence-electron chi connectivity index (χ3n) is 1.28. The Kier molecular flexibility index (Phi) is 5.38. The molecule has 0 aromatic heterocycles. The second kappa shape index (κ2) is 5.67. The lowest BCUT2D eigenvalue weighted by Gasteiger charge is -2.15. The highest BCUT2D eigenvalue weighted by atomic mass is 15.1. The Hall–Kier alpha value is -0.460. The van der Waals surface area contributed by atoms with Crippen LogP contribution in [0.2, 0.25) is 0 Å². The highest BCUT2D eigenvalue weighted by Crippen LogP contribution is 1.90. The molecule has 0 fully saturated rings. The fourth-order valence-electron chi connectivity index (χ4n) is 0.836. The maximum atomic E-state index is 2.31.